The van der Waals surface area contributed by atoms with Gasteiger partial charge in [0, 0.05) is 12.2 Å². The molecule has 0 bridgehead atoms. The maximum atomic E-state index is 5.83. The summed E-state index contributed by atoms with van der Waals surface area (Å²) in [4.78, 5) is 0. The molecule has 0 aliphatic carbocycles. The van der Waals surface area contributed by atoms with Gasteiger partial charge in [-0.05, 0) is 60.2 Å². The van der Waals surface area contributed by atoms with Crippen LogP contribution in [0.15, 0.2) is 48.5 Å². The van der Waals surface area contributed by atoms with Gasteiger partial charge in [0.05, 0.1) is 13.2 Å². The Morgan fingerprint density at radius 3 is 2.28 bits per heavy atom. The standard InChI is InChI=1S/C22H31NO2/c1-17(2)12-13-24-22-7-5-6-19(14-22)15-23-20-8-10-21(11-9-20)25-16-18(3)4/h5-11,14,17-18,23H,12-13,15-16H2,1-4H3. The maximum absolute atomic E-state index is 5.83. The van der Waals surface area contributed by atoms with Gasteiger partial charge in [-0.3, -0.25) is 0 Å². The van der Waals surface area contributed by atoms with Crippen molar-refractivity contribution in [3.05, 3.63) is 54.1 Å². The molecule has 0 amide bonds. The first-order valence-corrected chi connectivity index (χ1v) is 9.21. The Kier molecular flexibility index (Phi) is 7.65. The summed E-state index contributed by atoms with van der Waals surface area (Å²) in [6.07, 6.45) is 1.08. The monoisotopic (exact) mass is 341 g/mol. The van der Waals surface area contributed by atoms with Gasteiger partial charge in [0.2, 0.25) is 0 Å². The van der Waals surface area contributed by atoms with Gasteiger partial charge in [-0.15, -0.1) is 0 Å². The summed E-state index contributed by atoms with van der Waals surface area (Å²) < 4.78 is 11.5. The van der Waals surface area contributed by atoms with Crippen LogP contribution in [-0.2, 0) is 6.54 Å². The van der Waals surface area contributed by atoms with Gasteiger partial charge in [-0.25, -0.2) is 0 Å². The zero-order chi connectivity index (χ0) is 18.1. The lowest BCUT2D eigenvalue weighted by atomic mass is 10.1. The number of nitrogens with one attached hydrogen (secondary N) is 1. The van der Waals surface area contributed by atoms with Crippen molar-refractivity contribution >= 4 is 5.69 Å². The minimum atomic E-state index is 0.535. The van der Waals surface area contributed by atoms with Crippen LogP contribution < -0.4 is 14.8 Å². The summed E-state index contributed by atoms with van der Waals surface area (Å²) in [6, 6.07) is 16.4. The molecule has 25 heavy (non-hydrogen) atoms. The molecule has 0 saturated heterocycles. The predicted molar refractivity (Wildman–Crippen MR) is 105 cm³/mol. The minimum Gasteiger partial charge on any atom is -0.494 e. The highest BCUT2D eigenvalue weighted by atomic mass is 16.5. The molecular weight excluding hydrogens is 310 g/mol. The minimum absolute atomic E-state index is 0.535. The summed E-state index contributed by atoms with van der Waals surface area (Å²) >= 11 is 0. The van der Waals surface area contributed by atoms with Crippen LogP contribution >= 0.6 is 0 Å². The van der Waals surface area contributed by atoms with Crippen LogP contribution in [0.25, 0.3) is 0 Å². The van der Waals surface area contributed by atoms with E-state index in [4.69, 9.17) is 9.47 Å². The van der Waals surface area contributed by atoms with Crippen molar-refractivity contribution in [3.63, 3.8) is 0 Å². The first-order valence-electron chi connectivity index (χ1n) is 9.21. The Morgan fingerprint density at radius 2 is 1.60 bits per heavy atom. The van der Waals surface area contributed by atoms with Crippen LogP contribution in [0.2, 0.25) is 0 Å². The number of hydrogen-bond donors (Lipinski definition) is 1. The van der Waals surface area contributed by atoms with E-state index in [0.717, 1.165) is 43.4 Å². The number of benzene rings is 2. The molecule has 0 unspecified atom stereocenters. The highest BCUT2D eigenvalue weighted by molar-refractivity contribution is 5.47. The van der Waals surface area contributed by atoms with E-state index in [1.165, 1.54) is 5.56 Å². The average Bonchev–Trinajstić information content (AvgIpc) is 2.59. The van der Waals surface area contributed by atoms with E-state index < -0.39 is 0 Å². The van der Waals surface area contributed by atoms with Crippen LogP contribution in [0.5, 0.6) is 11.5 Å². The van der Waals surface area contributed by atoms with Crippen LogP contribution in [0.4, 0.5) is 5.69 Å². The Labute approximate surface area is 152 Å². The second-order valence-corrected chi connectivity index (χ2v) is 7.26. The zero-order valence-corrected chi connectivity index (χ0v) is 15.9. The van der Waals surface area contributed by atoms with Crippen LogP contribution in [0.3, 0.4) is 0 Å². The van der Waals surface area contributed by atoms with Crippen LogP contribution in [0, 0.1) is 11.8 Å². The third kappa shape index (κ3) is 7.51. The lowest BCUT2D eigenvalue weighted by Crippen LogP contribution is -2.05. The zero-order valence-electron chi connectivity index (χ0n) is 15.9. The topological polar surface area (TPSA) is 30.5 Å². The SMILES string of the molecule is CC(C)CCOc1cccc(CNc2ccc(OCC(C)C)cc2)c1. The number of anilines is 1. The molecule has 1 N–H and O–H groups in total. The van der Waals surface area contributed by atoms with E-state index in [-0.39, 0.29) is 0 Å². The summed E-state index contributed by atoms with van der Waals surface area (Å²) in [6.45, 7) is 11.0. The van der Waals surface area contributed by atoms with E-state index >= 15 is 0 Å². The van der Waals surface area contributed by atoms with Crippen molar-refractivity contribution in [2.24, 2.45) is 11.8 Å². The fourth-order valence-corrected chi connectivity index (χ4v) is 2.29. The molecule has 3 nitrogen and oxygen atoms in total. The van der Waals surface area contributed by atoms with Gasteiger partial charge in [-0.1, -0.05) is 39.8 Å². The van der Waals surface area contributed by atoms with Gasteiger partial charge in [0.1, 0.15) is 11.5 Å². The number of ether oxygens (including phenoxy) is 2. The van der Waals surface area contributed by atoms with Gasteiger partial charge in [-0.2, -0.15) is 0 Å². The van der Waals surface area contributed by atoms with Gasteiger partial charge < -0.3 is 14.8 Å². The predicted octanol–water partition coefficient (Wildman–Crippen LogP) is 5.76. The first-order chi connectivity index (χ1) is 12.0. The molecule has 0 aliphatic rings. The van der Waals surface area contributed by atoms with E-state index in [1.807, 2.05) is 24.3 Å². The van der Waals surface area contributed by atoms with E-state index in [1.54, 1.807) is 0 Å². The molecule has 0 aliphatic heterocycles. The number of rotatable bonds is 10. The molecule has 0 atom stereocenters. The lowest BCUT2D eigenvalue weighted by Gasteiger charge is -2.12. The first kappa shape index (κ1) is 19.2. The quantitative estimate of drug-likeness (QED) is 0.596. The second-order valence-electron chi connectivity index (χ2n) is 7.26. The molecule has 0 aromatic heterocycles. The van der Waals surface area contributed by atoms with Crippen molar-refractivity contribution < 1.29 is 9.47 Å². The summed E-state index contributed by atoms with van der Waals surface area (Å²) in [5.74, 6) is 3.06. The summed E-state index contributed by atoms with van der Waals surface area (Å²) in [5.41, 5.74) is 2.30. The molecule has 2 aromatic rings. The highest BCUT2D eigenvalue weighted by Gasteiger charge is 2.01. The van der Waals surface area contributed by atoms with Crippen LogP contribution in [0.1, 0.15) is 39.7 Å². The Hall–Kier alpha value is -2.16. The lowest BCUT2D eigenvalue weighted by molar-refractivity contribution is 0.271. The normalized spacial score (nSPS) is 11.0. The highest BCUT2D eigenvalue weighted by Crippen LogP contribution is 2.19. The molecule has 2 aromatic carbocycles. The van der Waals surface area contributed by atoms with Crippen molar-refractivity contribution in [1.29, 1.82) is 0 Å². The molecule has 136 valence electrons. The molecule has 0 spiro atoms. The summed E-state index contributed by atoms with van der Waals surface area (Å²) in [7, 11) is 0. The van der Waals surface area contributed by atoms with Crippen molar-refractivity contribution in [3.8, 4) is 11.5 Å². The largest absolute Gasteiger partial charge is 0.494 e. The van der Waals surface area contributed by atoms with E-state index in [2.05, 4.69) is 57.3 Å². The van der Waals surface area contributed by atoms with Gasteiger partial charge in [0.15, 0.2) is 0 Å². The molecule has 0 fully saturated rings. The molecule has 0 heterocycles. The van der Waals surface area contributed by atoms with E-state index in [0.29, 0.717) is 11.8 Å². The fourth-order valence-electron chi connectivity index (χ4n) is 2.29. The molecule has 2 rings (SSSR count). The van der Waals surface area contributed by atoms with E-state index in [9.17, 15) is 0 Å². The maximum Gasteiger partial charge on any atom is 0.119 e. The third-order valence-electron chi connectivity index (χ3n) is 3.80. The third-order valence-corrected chi connectivity index (χ3v) is 3.80. The van der Waals surface area contributed by atoms with Crippen LogP contribution in [-0.4, -0.2) is 13.2 Å². The molecular formula is C22H31NO2. The van der Waals surface area contributed by atoms with Crippen molar-refractivity contribution in [2.45, 2.75) is 40.7 Å². The second kappa shape index (κ2) is 9.97. The smallest absolute Gasteiger partial charge is 0.119 e. The Morgan fingerprint density at radius 1 is 0.840 bits per heavy atom. The van der Waals surface area contributed by atoms with Crippen molar-refractivity contribution in [1.82, 2.24) is 0 Å². The number of hydrogen-bond acceptors (Lipinski definition) is 3. The fraction of sp³-hybridized carbons (Fsp3) is 0.455. The van der Waals surface area contributed by atoms with Gasteiger partial charge >= 0.3 is 0 Å². The molecule has 0 saturated carbocycles. The summed E-state index contributed by atoms with van der Waals surface area (Å²) in [5, 5.41) is 3.44. The molecule has 3 heteroatoms. The Balaban J connectivity index is 1.82. The molecule has 0 radical (unpaired) electrons. The van der Waals surface area contributed by atoms with Gasteiger partial charge in [0.25, 0.3) is 0 Å². The average molecular weight is 341 g/mol. The van der Waals surface area contributed by atoms with Crippen molar-refractivity contribution in [2.75, 3.05) is 18.5 Å². The Bertz CT molecular complexity index is 620.